The molecule has 0 unspecified atom stereocenters. The largest absolute Gasteiger partial charge is 0.508 e. The minimum Gasteiger partial charge on any atom is -0.508 e. The average Bonchev–Trinajstić information content (AvgIpc) is 2.59. The Labute approximate surface area is 137 Å². The molecule has 0 aromatic heterocycles. The number of nitrogens with zero attached hydrogens (tertiary/aromatic N) is 1. The van der Waals surface area contributed by atoms with E-state index < -0.39 is 0 Å². The van der Waals surface area contributed by atoms with Crippen molar-refractivity contribution >= 4 is 11.1 Å². The van der Waals surface area contributed by atoms with Gasteiger partial charge in [0.1, 0.15) is 23.6 Å². The van der Waals surface area contributed by atoms with Gasteiger partial charge in [-0.1, -0.05) is 30.3 Å². The molecule has 0 radical (unpaired) electrons. The van der Waals surface area contributed by atoms with Gasteiger partial charge in [0, 0.05) is 18.2 Å². The lowest BCUT2D eigenvalue weighted by Gasteiger charge is -2.12. The molecule has 1 N–H and O–H groups in total. The number of hydrogen-bond donors (Lipinski definition) is 1. The Kier molecular flexibility index (Phi) is 3.39. The van der Waals surface area contributed by atoms with Crippen molar-refractivity contribution in [1.82, 2.24) is 4.98 Å². The van der Waals surface area contributed by atoms with Gasteiger partial charge in [-0.25, -0.2) is 4.98 Å². The SMILES string of the molecule is O=c1cc2oc3cc(O)ccc3nc-2c(OCc2ccccc2)c1. The van der Waals surface area contributed by atoms with Gasteiger partial charge in [-0.2, -0.15) is 0 Å². The normalized spacial score (nSPS) is 11.0. The highest BCUT2D eigenvalue weighted by Crippen LogP contribution is 2.32. The van der Waals surface area contributed by atoms with Gasteiger partial charge < -0.3 is 14.3 Å². The first-order valence-corrected chi connectivity index (χ1v) is 7.43. The van der Waals surface area contributed by atoms with Crippen LogP contribution in [0.15, 0.2) is 69.9 Å². The molecule has 4 rings (SSSR count). The maximum atomic E-state index is 11.9. The summed E-state index contributed by atoms with van der Waals surface area (Å²) in [7, 11) is 0. The van der Waals surface area contributed by atoms with Crippen LogP contribution in [0.25, 0.3) is 22.6 Å². The van der Waals surface area contributed by atoms with E-state index in [2.05, 4.69) is 4.98 Å². The minimum absolute atomic E-state index is 0.0752. The van der Waals surface area contributed by atoms with E-state index >= 15 is 0 Å². The summed E-state index contributed by atoms with van der Waals surface area (Å²) in [5.41, 5.74) is 2.22. The molecule has 0 fully saturated rings. The van der Waals surface area contributed by atoms with E-state index in [9.17, 15) is 9.90 Å². The molecular weight excluding hydrogens is 306 g/mol. The van der Waals surface area contributed by atoms with Crippen molar-refractivity contribution in [2.75, 3.05) is 0 Å². The molecule has 24 heavy (non-hydrogen) atoms. The molecule has 2 aliphatic rings. The van der Waals surface area contributed by atoms with Crippen LogP contribution >= 0.6 is 0 Å². The highest BCUT2D eigenvalue weighted by atomic mass is 16.5. The van der Waals surface area contributed by atoms with Crippen molar-refractivity contribution in [1.29, 1.82) is 0 Å². The maximum absolute atomic E-state index is 11.9. The van der Waals surface area contributed by atoms with E-state index in [1.165, 1.54) is 24.3 Å². The third kappa shape index (κ3) is 2.67. The van der Waals surface area contributed by atoms with Gasteiger partial charge in [-0.15, -0.1) is 0 Å². The van der Waals surface area contributed by atoms with Gasteiger partial charge in [0.15, 0.2) is 22.5 Å². The first-order valence-electron chi connectivity index (χ1n) is 7.43. The predicted molar refractivity (Wildman–Crippen MR) is 89.3 cm³/mol. The van der Waals surface area contributed by atoms with Gasteiger partial charge in [-0.05, 0) is 17.7 Å². The summed E-state index contributed by atoms with van der Waals surface area (Å²) in [5.74, 6) is 0.773. The minimum atomic E-state index is -0.226. The standard InChI is InChI=1S/C19H13NO4/c21-13-6-7-15-16(8-13)24-18-10-14(22)9-17(19(18)20-15)23-11-12-4-2-1-3-5-12/h1-10,21H,11H2. The van der Waals surface area contributed by atoms with Crippen molar-refractivity contribution in [2.45, 2.75) is 6.61 Å². The molecule has 2 aromatic rings. The summed E-state index contributed by atoms with van der Waals surface area (Å²) in [5, 5.41) is 9.55. The van der Waals surface area contributed by atoms with Crippen LogP contribution in [-0.4, -0.2) is 10.1 Å². The fraction of sp³-hybridized carbons (Fsp3) is 0.0526. The summed E-state index contributed by atoms with van der Waals surface area (Å²) in [4.78, 5) is 16.4. The van der Waals surface area contributed by atoms with Crippen molar-refractivity contribution in [2.24, 2.45) is 0 Å². The zero-order valence-electron chi connectivity index (χ0n) is 12.6. The second-order valence-corrected chi connectivity index (χ2v) is 5.41. The summed E-state index contributed by atoms with van der Waals surface area (Å²) in [6.45, 7) is 0.328. The molecule has 0 amide bonds. The Hall–Kier alpha value is -3.34. The monoisotopic (exact) mass is 319 g/mol. The summed E-state index contributed by atoms with van der Waals surface area (Å²) in [6.07, 6.45) is 0. The van der Waals surface area contributed by atoms with Crippen LogP contribution in [0.5, 0.6) is 11.5 Å². The molecule has 0 saturated carbocycles. The Bertz CT molecular complexity index is 1040. The molecule has 1 heterocycles. The lowest BCUT2D eigenvalue weighted by atomic mass is 10.2. The molecule has 2 aromatic carbocycles. The van der Waals surface area contributed by atoms with E-state index in [1.54, 1.807) is 6.07 Å². The maximum Gasteiger partial charge on any atom is 0.186 e. The second-order valence-electron chi connectivity index (χ2n) is 5.41. The van der Waals surface area contributed by atoms with Gasteiger partial charge >= 0.3 is 0 Å². The average molecular weight is 319 g/mol. The van der Waals surface area contributed by atoms with Crippen molar-refractivity contribution in [3.05, 3.63) is 76.5 Å². The molecule has 0 spiro atoms. The third-order valence-corrected chi connectivity index (χ3v) is 3.65. The lowest BCUT2D eigenvalue weighted by molar-refractivity contribution is 0.305. The quantitative estimate of drug-likeness (QED) is 0.584. The van der Waals surface area contributed by atoms with E-state index in [-0.39, 0.29) is 11.2 Å². The lowest BCUT2D eigenvalue weighted by Crippen LogP contribution is -2.06. The van der Waals surface area contributed by atoms with Crippen LogP contribution in [0.1, 0.15) is 5.56 Å². The summed E-state index contributed by atoms with van der Waals surface area (Å²) >= 11 is 0. The number of aromatic hydroxyl groups is 1. The van der Waals surface area contributed by atoms with Crippen LogP contribution < -0.4 is 10.2 Å². The smallest absolute Gasteiger partial charge is 0.186 e. The Morgan fingerprint density at radius 1 is 1.04 bits per heavy atom. The first-order chi connectivity index (χ1) is 11.7. The summed E-state index contributed by atoms with van der Waals surface area (Å²) < 4.78 is 11.5. The van der Waals surface area contributed by atoms with Gasteiger partial charge in [0.2, 0.25) is 0 Å². The molecule has 5 heteroatoms. The third-order valence-electron chi connectivity index (χ3n) is 3.65. The number of phenolic OH excluding ortho intramolecular Hbond substituents is 1. The number of aromatic nitrogens is 1. The molecule has 0 atom stereocenters. The van der Waals surface area contributed by atoms with Crippen LogP contribution in [0.4, 0.5) is 0 Å². The Morgan fingerprint density at radius 2 is 1.88 bits per heavy atom. The number of phenols is 1. The van der Waals surface area contributed by atoms with Crippen LogP contribution in [0.3, 0.4) is 0 Å². The predicted octanol–water partition coefficient (Wildman–Crippen LogP) is 3.58. The molecule has 0 bridgehead atoms. The van der Waals surface area contributed by atoms with Gasteiger partial charge in [0.25, 0.3) is 0 Å². The number of ether oxygens (including phenoxy) is 1. The zero-order valence-corrected chi connectivity index (χ0v) is 12.6. The van der Waals surface area contributed by atoms with E-state index in [0.717, 1.165) is 5.56 Å². The molecule has 1 aliphatic carbocycles. The number of rotatable bonds is 3. The first kappa shape index (κ1) is 14.3. The molecule has 1 aliphatic heterocycles. The van der Waals surface area contributed by atoms with Crippen LogP contribution in [-0.2, 0) is 6.61 Å². The molecule has 118 valence electrons. The van der Waals surface area contributed by atoms with Crippen molar-refractivity contribution in [3.63, 3.8) is 0 Å². The van der Waals surface area contributed by atoms with E-state index in [4.69, 9.17) is 9.15 Å². The Morgan fingerprint density at radius 3 is 2.71 bits per heavy atom. The van der Waals surface area contributed by atoms with E-state index in [1.807, 2.05) is 30.3 Å². The topological polar surface area (TPSA) is 72.6 Å². The summed E-state index contributed by atoms with van der Waals surface area (Å²) in [6, 6.07) is 17.1. The molecule has 5 nitrogen and oxygen atoms in total. The fourth-order valence-corrected chi connectivity index (χ4v) is 2.51. The highest BCUT2D eigenvalue weighted by Gasteiger charge is 2.17. The highest BCUT2D eigenvalue weighted by molar-refractivity contribution is 5.79. The Balaban J connectivity index is 1.80. The number of fused-ring (bicyclic) bond motifs is 2. The number of hydrogen-bond acceptors (Lipinski definition) is 5. The molecule has 0 saturated heterocycles. The van der Waals surface area contributed by atoms with Crippen LogP contribution in [0, 0.1) is 0 Å². The van der Waals surface area contributed by atoms with Crippen molar-refractivity contribution < 1.29 is 14.3 Å². The second kappa shape index (κ2) is 5.70. The van der Waals surface area contributed by atoms with Crippen LogP contribution in [0.2, 0.25) is 0 Å². The molecular formula is C19H13NO4. The number of benzene rings is 3. The zero-order chi connectivity index (χ0) is 16.5. The van der Waals surface area contributed by atoms with Gasteiger partial charge in [-0.3, -0.25) is 4.79 Å². The van der Waals surface area contributed by atoms with Crippen molar-refractivity contribution in [3.8, 4) is 23.0 Å². The fourth-order valence-electron chi connectivity index (χ4n) is 2.51. The van der Waals surface area contributed by atoms with Gasteiger partial charge in [0.05, 0.1) is 0 Å². The van der Waals surface area contributed by atoms with E-state index in [0.29, 0.717) is 34.9 Å².